The number of fused-ring (bicyclic) bond motifs is 1. The van der Waals surface area contributed by atoms with Crippen molar-refractivity contribution in [1.82, 2.24) is 14.8 Å². The van der Waals surface area contributed by atoms with Gasteiger partial charge in [-0.2, -0.15) is 5.26 Å². The van der Waals surface area contributed by atoms with Crippen molar-refractivity contribution in [3.8, 4) is 11.8 Å². The molecule has 1 amide bonds. The summed E-state index contributed by atoms with van der Waals surface area (Å²) < 4.78 is 8.16. The lowest BCUT2D eigenvalue weighted by atomic mass is 9.84. The number of hydrogen-bond acceptors (Lipinski definition) is 6. The van der Waals surface area contributed by atoms with Crippen LogP contribution in [0.5, 0.6) is 5.75 Å². The van der Waals surface area contributed by atoms with Crippen LogP contribution in [-0.4, -0.2) is 27.3 Å². The fourth-order valence-corrected chi connectivity index (χ4v) is 5.70. The molecule has 0 aliphatic heterocycles. The number of nitrogens with one attached hydrogen (secondary N) is 1. The number of aromatic nitrogens is 3. The Bertz CT molecular complexity index is 1470. The van der Waals surface area contributed by atoms with Crippen molar-refractivity contribution in [1.29, 1.82) is 5.26 Å². The Morgan fingerprint density at radius 1 is 1.16 bits per heavy atom. The molecule has 7 nitrogen and oxygen atoms in total. The number of para-hydroxylation sites is 1. The van der Waals surface area contributed by atoms with Crippen molar-refractivity contribution in [2.45, 2.75) is 57.9 Å². The summed E-state index contributed by atoms with van der Waals surface area (Å²) in [5.41, 5.74) is 3.25. The highest BCUT2D eigenvalue weighted by Gasteiger charge is 2.16. The minimum absolute atomic E-state index is 0.00968. The van der Waals surface area contributed by atoms with Gasteiger partial charge in [-0.3, -0.25) is 10.1 Å². The molecule has 0 bridgehead atoms. The van der Waals surface area contributed by atoms with E-state index in [1.54, 1.807) is 6.08 Å². The molecule has 2 heterocycles. The highest BCUT2D eigenvalue weighted by molar-refractivity contribution is 7.15. The Labute approximate surface area is 226 Å². The third kappa shape index (κ3) is 5.95. The first-order chi connectivity index (χ1) is 18.6. The summed E-state index contributed by atoms with van der Waals surface area (Å²) in [6.07, 6.45) is 10.9. The van der Waals surface area contributed by atoms with Gasteiger partial charge in [0.15, 0.2) is 0 Å². The molecule has 0 saturated heterocycles. The lowest BCUT2D eigenvalue weighted by Gasteiger charge is -2.22. The number of benzene rings is 2. The summed E-state index contributed by atoms with van der Waals surface area (Å²) in [5, 5.41) is 22.6. The van der Waals surface area contributed by atoms with Gasteiger partial charge < -0.3 is 9.30 Å². The van der Waals surface area contributed by atoms with E-state index in [-0.39, 0.29) is 5.57 Å². The molecule has 1 aliphatic carbocycles. The highest BCUT2D eigenvalue weighted by atomic mass is 32.1. The second-order valence-corrected chi connectivity index (χ2v) is 10.6. The summed E-state index contributed by atoms with van der Waals surface area (Å²) in [7, 11) is 0. The van der Waals surface area contributed by atoms with E-state index in [4.69, 9.17) is 4.74 Å². The minimum atomic E-state index is -0.497. The van der Waals surface area contributed by atoms with Crippen molar-refractivity contribution in [3.63, 3.8) is 0 Å². The fraction of sp³-hybridized carbons (Fsp3) is 0.333. The van der Waals surface area contributed by atoms with Crippen molar-refractivity contribution in [2.24, 2.45) is 0 Å². The van der Waals surface area contributed by atoms with Gasteiger partial charge in [-0.25, -0.2) is 0 Å². The van der Waals surface area contributed by atoms with Gasteiger partial charge in [0.1, 0.15) is 29.0 Å². The molecule has 194 valence electrons. The van der Waals surface area contributed by atoms with Crippen LogP contribution in [0.4, 0.5) is 5.13 Å². The van der Waals surface area contributed by atoms with Gasteiger partial charge >= 0.3 is 0 Å². The number of nitrogens with zero attached hydrogens (tertiary/aromatic N) is 4. The van der Waals surface area contributed by atoms with Crippen LogP contribution in [0.2, 0.25) is 0 Å². The van der Waals surface area contributed by atoms with Crippen molar-refractivity contribution >= 4 is 39.4 Å². The fourth-order valence-electron chi connectivity index (χ4n) is 5.02. The molecule has 38 heavy (non-hydrogen) atoms. The number of hydrogen-bond donors (Lipinski definition) is 1. The summed E-state index contributed by atoms with van der Waals surface area (Å²) in [6, 6.07) is 18.6. The van der Waals surface area contributed by atoms with Gasteiger partial charge in [-0.15, -0.1) is 10.2 Å². The molecule has 0 atom stereocenters. The number of aryl methyl sites for hydroxylation is 1. The van der Waals surface area contributed by atoms with Crippen LogP contribution in [0.15, 0.2) is 60.3 Å². The van der Waals surface area contributed by atoms with E-state index >= 15 is 0 Å². The zero-order chi connectivity index (χ0) is 26.3. The Morgan fingerprint density at radius 3 is 2.68 bits per heavy atom. The Balaban J connectivity index is 1.27. The molecule has 5 rings (SSSR count). The molecule has 2 aromatic carbocycles. The average Bonchev–Trinajstić information content (AvgIpc) is 3.56. The molecular weight excluding hydrogens is 494 g/mol. The quantitative estimate of drug-likeness (QED) is 0.193. The molecule has 4 aromatic rings. The van der Waals surface area contributed by atoms with Crippen molar-refractivity contribution in [2.75, 3.05) is 11.9 Å². The van der Waals surface area contributed by atoms with E-state index in [1.165, 1.54) is 49.0 Å². The molecule has 2 aromatic heterocycles. The lowest BCUT2D eigenvalue weighted by molar-refractivity contribution is -0.112. The van der Waals surface area contributed by atoms with Crippen LogP contribution in [0.1, 0.15) is 61.1 Å². The number of carbonyl (C=O) groups is 1. The van der Waals surface area contributed by atoms with Crippen LogP contribution in [0.25, 0.3) is 17.0 Å². The van der Waals surface area contributed by atoms with Gasteiger partial charge in [-0.1, -0.05) is 67.9 Å². The number of anilines is 1. The molecule has 1 aliphatic rings. The maximum atomic E-state index is 12.8. The van der Waals surface area contributed by atoms with Gasteiger partial charge in [0.25, 0.3) is 5.91 Å². The second-order valence-electron chi connectivity index (χ2n) is 9.53. The molecule has 0 unspecified atom stereocenters. The molecule has 1 saturated carbocycles. The predicted octanol–water partition coefficient (Wildman–Crippen LogP) is 6.73. The smallest absolute Gasteiger partial charge is 0.268 e. The van der Waals surface area contributed by atoms with Crippen molar-refractivity contribution in [3.05, 3.63) is 76.4 Å². The SMILES string of the molecule is CCc1nnc(NC(=O)/C(C#N)=C\c2cn(CCOc3ccc(C4CCCCC4)cc3)c3ccccc23)s1. The van der Waals surface area contributed by atoms with Crippen molar-refractivity contribution < 1.29 is 9.53 Å². The Hall–Kier alpha value is -3.96. The van der Waals surface area contributed by atoms with Crippen LogP contribution in [0, 0.1) is 11.3 Å². The first-order valence-corrected chi connectivity index (χ1v) is 14.0. The van der Waals surface area contributed by atoms with Gasteiger partial charge in [0, 0.05) is 22.7 Å². The normalized spacial score (nSPS) is 14.4. The largest absolute Gasteiger partial charge is 0.492 e. The van der Waals surface area contributed by atoms with Gasteiger partial charge in [-0.05, 0) is 55.0 Å². The summed E-state index contributed by atoms with van der Waals surface area (Å²) >= 11 is 1.31. The zero-order valence-electron chi connectivity index (χ0n) is 21.5. The molecular formula is C30H31N5O2S. The molecule has 0 spiro atoms. The van der Waals surface area contributed by atoms with Crippen LogP contribution < -0.4 is 10.1 Å². The van der Waals surface area contributed by atoms with E-state index in [9.17, 15) is 10.1 Å². The number of nitriles is 1. The molecule has 1 fully saturated rings. The third-order valence-corrected chi connectivity index (χ3v) is 8.01. The molecule has 0 radical (unpaired) electrons. The zero-order valence-corrected chi connectivity index (χ0v) is 22.3. The predicted molar refractivity (Wildman–Crippen MR) is 151 cm³/mol. The van der Waals surface area contributed by atoms with E-state index in [2.05, 4.69) is 44.3 Å². The van der Waals surface area contributed by atoms with Gasteiger partial charge in [0.2, 0.25) is 5.13 Å². The maximum Gasteiger partial charge on any atom is 0.268 e. The van der Waals surface area contributed by atoms with Gasteiger partial charge in [0.05, 0.1) is 6.54 Å². The Morgan fingerprint density at radius 2 is 1.95 bits per heavy atom. The number of rotatable bonds is 9. The first-order valence-electron chi connectivity index (χ1n) is 13.2. The minimum Gasteiger partial charge on any atom is -0.492 e. The highest BCUT2D eigenvalue weighted by Crippen LogP contribution is 2.33. The van der Waals surface area contributed by atoms with Crippen LogP contribution in [-0.2, 0) is 17.8 Å². The second kappa shape index (κ2) is 12.1. The number of carbonyl (C=O) groups excluding carboxylic acids is 1. The summed E-state index contributed by atoms with van der Waals surface area (Å²) in [4.78, 5) is 12.8. The lowest BCUT2D eigenvalue weighted by Crippen LogP contribution is -2.13. The number of amides is 1. The standard InChI is InChI=1S/C30H31N5O2S/c1-2-28-33-34-30(38-28)32-29(36)23(19-31)18-24-20-35(27-11-7-6-10-26(24)27)16-17-37-25-14-12-22(13-15-25)21-8-4-3-5-9-21/h6-7,10-15,18,20-21H,2-5,8-9,16-17H2,1H3,(H,32,34,36)/b23-18-. The summed E-state index contributed by atoms with van der Waals surface area (Å²) in [5.74, 6) is 1.05. The third-order valence-electron chi connectivity index (χ3n) is 7.03. The summed E-state index contributed by atoms with van der Waals surface area (Å²) in [6.45, 7) is 3.12. The first kappa shape index (κ1) is 25.7. The van der Waals surface area contributed by atoms with E-state index < -0.39 is 5.91 Å². The van der Waals surface area contributed by atoms with E-state index in [0.29, 0.717) is 24.2 Å². The van der Waals surface area contributed by atoms with Crippen LogP contribution in [0.3, 0.4) is 0 Å². The number of ether oxygens (including phenoxy) is 1. The molecule has 1 N–H and O–H groups in total. The van der Waals surface area contributed by atoms with E-state index in [0.717, 1.165) is 33.6 Å². The van der Waals surface area contributed by atoms with E-state index in [1.807, 2.05) is 43.5 Å². The molecule has 8 heteroatoms. The topological polar surface area (TPSA) is 92.8 Å². The average molecular weight is 526 g/mol. The maximum absolute atomic E-state index is 12.8. The van der Waals surface area contributed by atoms with Crippen LogP contribution >= 0.6 is 11.3 Å². The monoisotopic (exact) mass is 525 g/mol. The Kier molecular flexibility index (Phi) is 8.15.